The van der Waals surface area contributed by atoms with Gasteiger partial charge in [-0.05, 0) is 23.8 Å². The van der Waals surface area contributed by atoms with Crippen LogP contribution in [0.3, 0.4) is 0 Å². The minimum atomic E-state index is -0.336. The molecule has 0 atom stereocenters. The molecule has 0 unspecified atom stereocenters. The summed E-state index contributed by atoms with van der Waals surface area (Å²) in [5.41, 5.74) is 2.31. The smallest absolute Gasteiger partial charge is 0.242 e. The summed E-state index contributed by atoms with van der Waals surface area (Å²) in [5, 5.41) is 7.88. The van der Waals surface area contributed by atoms with Crippen LogP contribution in [0.25, 0.3) is 11.1 Å². The van der Waals surface area contributed by atoms with Gasteiger partial charge in [-0.3, -0.25) is 9.48 Å². The number of halogens is 2. The molecule has 0 radical (unpaired) electrons. The predicted octanol–water partition coefficient (Wildman–Crippen LogP) is 3.73. The van der Waals surface area contributed by atoms with Gasteiger partial charge in [0.25, 0.3) is 0 Å². The molecule has 1 aromatic heterocycles. The summed E-state index contributed by atoms with van der Waals surface area (Å²) in [5.74, 6) is 0.171. The van der Waals surface area contributed by atoms with E-state index in [9.17, 15) is 9.18 Å². The second-order valence-corrected chi connectivity index (χ2v) is 6.77. The van der Waals surface area contributed by atoms with Gasteiger partial charge in [-0.1, -0.05) is 41.9 Å². The van der Waals surface area contributed by atoms with Crippen molar-refractivity contribution >= 4 is 23.3 Å². The van der Waals surface area contributed by atoms with Crippen molar-refractivity contribution in [1.29, 1.82) is 0 Å². The number of hydrogen-bond donors (Lipinski definition) is 1. The van der Waals surface area contributed by atoms with E-state index in [0.717, 1.165) is 16.9 Å². The number of nitrogens with zero attached hydrogens (tertiary/aromatic N) is 3. The summed E-state index contributed by atoms with van der Waals surface area (Å²) in [6.45, 7) is 0.181. The van der Waals surface area contributed by atoms with E-state index in [0.29, 0.717) is 10.6 Å². The average Bonchev–Trinajstić information content (AvgIpc) is 3.06. The summed E-state index contributed by atoms with van der Waals surface area (Å²) in [4.78, 5) is 14.1. The van der Waals surface area contributed by atoms with Crippen LogP contribution in [-0.4, -0.2) is 29.8 Å². The molecular weight excluding hydrogens is 367 g/mol. The van der Waals surface area contributed by atoms with Crippen LogP contribution in [0.4, 0.5) is 10.2 Å². The zero-order chi connectivity index (χ0) is 19.4. The number of carbonyl (C=O) groups is 1. The highest BCUT2D eigenvalue weighted by Crippen LogP contribution is 2.29. The van der Waals surface area contributed by atoms with Gasteiger partial charge in [0.05, 0.1) is 0 Å². The molecule has 0 spiro atoms. The lowest BCUT2D eigenvalue weighted by molar-refractivity contribution is -0.122. The van der Waals surface area contributed by atoms with Crippen LogP contribution in [0.5, 0.6) is 0 Å². The molecule has 1 heterocycles. The molecule has 1 amide bonds. The van der Waals surface area contributed by atoms with Gasteiger partial charge >= 0.3 is 0 Å². The van der Waals surface area contributed by atoms with Gasteiger partial charge in [0.1, 0.15) is 12.4 Å². The lowest BCUT2D eigenvalue weighted by Crippen LogP contribution is -2.27. The van der Waals surface area contributed by atoms with Gasteiger partial charge in [0.15, 0.2) is 5.82 Å². The molecule has 2 aromatic carbocycles. The Morgan fingerprint density at radius 2 is 1.89 bits per heavy atom. The van der Waals surface area contributed by atoms with Crippen molar-refractivity contribution in [1.82, 2.24) is 15.1 Å². The van der Waals surface area contributed by atoms with E-state index >= 15 is 0 Å². The van der Waals surface area contributed by atoms with Crippen molar-refractivity contribution in [3.63, 3.8) is 0 Å². The van der Waals surface area contributed by atoms with Crippen molar-refractivity contribution < 1.29 is 9.18 Å². The van der Waals surface area contributed by atoms with Gasteiger partial charge in [0, 0.05) is 43.0 Å². The monoisotopic (exact) mass is 386 g/mol. The third-order valence-corrected chi connectivity index (χ3v) is 4.31. The Hall–Kier alpha value is -2.86. The number of benzene rings is 2. The van der Waals surface area contributed by atoms with Gasteiger partial charge in [0.2, 0.25) is 5.91 Å². The highest BCUT2D eigenvalue weighted by molar-refractivity contribution is 6.30. The molecule has 7 heteroatoms. The van der Waals surface area contributed by atoms with E-state index in [1.54, 1.807) is 22.9 Å². The first-order chi connectivity index (χ1) is 12.9. The van der Waals surface area contributed by atoms with Crippen molar-refractivity contribution in [2.24, 2.45) is 0 Å². The maximum atomic E-state index is 13.6. The number of hydrogen-bond acceptors (Lipinski definition) is 3. The van der Waals surface area contributed by atoms with Crippen LogP contribution < -0.4 is 10.2 Å². The number of rotatable bonds is 6. The first-order valence-corrected chi connectivity index (χ1v) is 8.82. The summed E-state index contributed by atoms with van der Waals surface area (Å²) < 4.78 is 15.2. The summed E-state index contributed by atoms with van der Waals surface area (Å²) in [6, 6.07) is 13.8. The van der Waals surface area contributed by atoms with Crippen LogP contribution in [0.15, 0.2) is 54.7 Å². The average molecular weight is 387 g/mol. The number of anilines is 1. The molecule has 27 heavy (non-hydrogen) atoms. The Kier molecular flexibility index (Phi) is 5.76. The number of carbonyl (C=O) groups excluding carboxylic acids is 1. The minimum Gasteiger partial charge on any atom is -0.361 e. The summed E-state index contributed by atoms with van der Waals surface area (Å²) >= 11 is 5.96. The number of aromatic nitrogens is 2. The van der Waals surface area contributed by atoms with Crippen molar-refractivity contribution in [2.45, 2.75) is 13.1 Å². The highest BCUT2D eigenvalue weighted by Gasteiger charge is 2.15. The van der Waals surface area contributed by atoms with Crippen molar-refractivity contribution in [3.8, 4) is 11.1 Å². The lowest BCUT2D eigenvalue weighted by Gasteiger charge is -2.11. The van der Waals surface area contributed by atoms with Crippen LogP contribution in [0, 0.1) is 5.82 Å². The second-order valence-electron chi connectivity index (χ2n) is 6.33. The second kappa shape index (κ2) is 8.22. The Bertz CT molecular complexity index is 937. The van der Waals surface area contributed by atoms with E-state index < -0.39 is 0 Å². The molecule has 5 nitrogen and oxygen atoms in total. The van der Waals surface area contributed by atoms with Crippen LogP contribution >= 0.6 is 11.6 Å². The third-order valence-electron chi connectivity index (χ3n) is 4.06. The number of amides is 1. The van der Waals surface area contributed by atoms with E-state index in [1.807, 2.05) is 49.5 Å². The highest BCUT2D eigenvalue weighted by atomic mass is 35.5. The SMILES string of the molecule is CN(C)c1nn(CC(=O)NCc2ccccc2F)cc1-c1ccc(Cl)cc1. The Morgan fingerprint density at radius 1 is 1.19 bits per heavy atom. The molecule has 0 aliphatic rings. The normalized spacial score (nSPS) is 10.7. The lowest BCUT2D eigenvalue weighted by atomic mass is 10.1. The maximum absolute atomic E-state index is 13.6. The van der Waals surface area contributed by atoms with E-state index in [-0.39, 0.29) is 24.8 Å². The fourth-order valence-corrected chi connectivity index (χ4v) is 2.82. The first-order valence-electron chi connectivity index (χ1n) is 8.45. The van der Waals surface area contributed by atoms with E-state index in [4.69, 9.17) is 11.6 Å². The Balaban J connectivity index is 1.73. The molecule has 0 bridgehead atoms. The van der Waals surface area contributed by atoms with Crippen LogP contribution in [0.2, 0.25) is 5.02 Å². The third kappa shape index (κ3) is 4.65. The topological polar surface area (TPSA) is 50.2 Å². The fourth-order valence-electron chi connectivity index (χ4n) is 2.69. The maximum Gasteiger partial charge on any atom is 0.242 e. The molecule has 1 N–H and O–H groups in total. The minimum absolute atomic E-state index is 0.0445. The first kappa shape index (κ1) is 18.9. The number of nitrogens with one attached hydrogen (secondary N) is 1. The van der Waals surface area contributed by atoms with Crippen LogP contribution in [0.1, 0.15) is 5.56 Å². The quantitative estimate of drug-likeness (QED) is 0.702. The standard InChI is InChI=1S/C20H20ClFN4O/c1-25(2)20-17(14-7-9-16(21)10-8-14)12-26(24-20)13-19(27)23-11-15-5-3-4-6-18(15)22/h3-10,12H,11,13H2,1-2H3,(H,23,27). The molecule has 3 rings (SSSR count). The zero-order valence-electron chi connectivity index (χ0n) is 15.1. The van der Waals surface area contributed by atoms with E-state index in [1.165, 1.54) is 6.07 Å². The van der Waals surface area contributed by atoms with Crippen molar-refractivity contribution in [2.75, 3.05) is 19.0 Å². The van der Waals surface area contributed by atoms with Gasteiger partial charge in [-0.15, -0.1) is 0 Å². The molecule has 140 valence electrons. The Morgan fingerprint density at radius 3 is 2.56 bits per heavy atom. The van der Waals surface area contributed by atoms with E-state index in [2.05, 4.69) is 10.4 Å². The van der Waals surface area contributed by atoms with Gasteiger partial charge < -0.3 is 10.2 Å². The fraction of sp³-hybridized carbons (Fsp3) is 0.200. The van der Waals surface area contributed by atoms with Crippen molar-refractivity contribution in [3.05, 3.63) is 71.1 Å². The summed E-state index contributed by atoms with van der Waals surface area (Å²) in [7, 11) is 3.79. The van der Waals surface area contributed by atoms with Gasteiger partial charge in [-0.2, -0.15) is 5.10 Å². The largest absolute Gasteiger partial charge is 0.361 e. The predicted molar refractivity (Wildman–Crippen MR) is 105 cm³/mol. The zero-order valence-corrected chi connectivity index (χ0v) is 15.9. The Labute approximate surface area is 162 Å². The molecular formula is C20H20ClFN4O. The van der Waals surface area contributed by atoms with Crippen LogP contribution in [-0.2, 0) is 17.9 Å². The van der Waals surface area contributed by atoms with Gasteiger partial charge in [-0.25, -0.2) is 4.39 Å². The summed E-state index contributed by atoms with van der Waals surface area (Å²) in [6.07, 6.45) is 1.82. The molecule has 0 saturated heterocycles. The molecule has 3 aromatic rings. The molecule has 0 aliphatic heterocycles. The molecule has 0 fully saturated rings. The molecule has 0 saturated carbocycles. The molecule has 0 aliphatic carbocycles.